The number of ether oxygens (including phenoxy) is 3. The van der Waals surface area contributed by atoms with Gasteiger partial charge in [0, 0.05) is 58.3 Å². The van der Waals surface area contributed by atoms with E-state index in [2.05, 4.69) is 22.5 Å². The van der Waals surface area contributed by atoms with Crippen molar-refractivity contribution in [3.63, 3.8) is 0 Å². The molecule has 0 unspecified atom stereocenters. The molecule has 478 valence electrons. The lowest BCUT2D eigenvalue weighted by Gasteiger charge is -2.39. The van der Waals surface area contributed by atoms with E-state index in [0.29, 0.717) is 24.8 Å². The minimum Gasteiger partial charge on any atom is -0.469 e. The van der Waals surface area contributed by atoms with Crippen molar-refractivity contribution in [1.82, 2.24) is 40.4 Å². The largest absolute Gasteiger partial charge is 0.469 e. The molecular formula is C66H80ClF3N8O11. The summed E-state index contributed by atoms with van der Waals surface area (Å²) in [4.78, 5) is 121. The van der Waals surface area contributed by atoms with Gasteiger partial charge in [0.05, 0.1) is 43.9 Å². The van der Waals surface area contributed by atoms with E-state index in [1.54, 1.807) is 6.92 Å². The third-order valence-corrected chi connectivity index (χ3v) is 18.0. The number of benzene rings is 4. The molecule has 1 saturated carbocycles. The first-order valence-electron chi connectivity index (χ1n) is 30.3. The number of aryl methyl sites for hydroxylation is 2. The highest BCUT2D eigenvalue weighted by atomic mass is 35.5. The molecule has 8 rings (SSSR count). The molecule has 3 N–H and O–H groups in total. The van der Waals surface area contributed by atoms with Crippen LogP contribution in [0.5, 0.6) is 0 Å². The van der Waals surface area contributed by atoms with E-state index in [1.165, 1.54) is 59.9 Å². The Labute approximate surface area is 522 Å². The number of hydrogen-bond acceptors (Lipinski definition) is 12. The molecule has 2 heterocycles. The summed E-state index contributed by atoms with van der Waals surface area (Å²) >= 11 is 6.16. The molecule has 0 bridgehead atoms. The van der Waals surface area contributed by atoms with Gasteiger partial charge in [-0.15, -0.1) is 0 Å². The lowest BCUT2D eigenvalue weighted by molar-refractivity contribution is -0.156. The lowest BCUT2D eigenvalue weighted by atomic mass is 9.93. The predicted octanol–water partition coefficient (Wildman–Crippen LogP) is 7.59. The van der Waals surface area contributed by atoms with Crippen LogP contribution in [0.15, 0.2) is 103 Å². The fourth-order valence-electron chi connectivity index (χ4n) is 12.5. The van der Waals surface area contributed by atoms with Crippen LogP contribution >= 0.6 is 11.6 Å². The van der Waals surface area contributed by atoms with E-state index < -0.39 is 106 Å². The first-order valence-corrected chi connectivity index (χ1v) is 30.7. The van der Waals surface area contributed by atoms with E-state index in [4.69, 9.17) is 25.8 Å². The number of nitrogens with one attached hydrogen (secondary N) is 3. The number of likely N-dealkylation sites (N-methyl/N-ethyl adjacent to an activating group) is 3. The third kappa shape index (κ3) is 15.9. The molecule has 89 heavy (non-hydrogen) atoms. The van der Waals surface area contributed by atoms with E-state index >= 15 is 4.79 Å². The number of alkyl carbamates (subject to hydrolysis) is 1. The van der Waals surface area contributed by atoms with Crippen molar-refractivity contribution in [1.29, 1.82) is 0 Å². The molecule has 2 saturated heterocycles. The van der Waals surface area contributed by atoms with Crippen LogP contribution in [0, 0.1) is 6.92 Å². The smallest absolute Gasteiger partial charge is 0.417 e. The zero-order valence-corrected chi connectivity index (χ0v) is 52.1. The number of esters is 1. The van der Waals surface area contributed by atoms with Crippen molar-refractivity contribution >= 4 is 59.1 Å². The molecule has 19 nitrogen and oxygen atoms in total. The quantitative estimate of drug-likeness (QED) is 0.0579. The molecule has 3 fully saturated rings. The summed E-state index contributed by atoms with van der Waals surface area (Å²) in [5.74, 6) is -4.26. The van der Waals surface area contributed by atoms with Gasteiger partial charge in [-0.1, -0.05) is 115 Å². The highest BCUT2D eigenvalue weighted by Gasteiger charge is 2.49. The van der Waals surface area contributed by atoms with Crippen molar-refractivity contribution in [3.8, 4) is 11.1 Å². The number of fused-ring (bicyclic) bond motifs is 3. The maximum Gasteiger partial charge on any atom is 0.417 e. The molecule has 4 aromatic carbocycles. The highest BCUT2D eigenvalue weighted by Crippen LogP contribution is 2.45. The zero-order chi connectivity index (χ0) is 64.3. The summed E-state index contributed by atoms with van der Waals surface area (Å²) in [6.45, 7) is 10.6. The summed E-state index contributed by atoms with van der Waals surface area (Å²) < 4.78 is 57.6. The summed E-state index contributed by atoms with van der Waals surface area (Å²) in [6.07, 6.45) is -3.65. The standard InChI is InChI=1S/C66H80ClF3N8O11/c1-8-76(60(82)54(37-45-23-21-41(2)22-24-45)72-64(86)89-40-50-48-18-11-9-16-46(48)47-17-10-12-19-49(47)50)39-42(3)71-53(28-26-44-25-27-51(52(67)36-44)66(68,69)70)61(83)78-31-15-20-55(78)58(80)73-65(29-13-14-30-65)63(85)74(5)43(4)59(81)75(6)56(38-57(79)87-7)62(84)77-32-34-88-35-33-77/h9-12,16-19,21-25,27,36,43,50,53-56,71H,3,8,13-15,20,26,28-35,37-40H2,1-2,4-7H3,(H,72,86)(H,73,80)/t43-,53-,54-,55-,56-/m0/s1. The van der Waals surface area contributed by atoms with Gasteiger partial charge < -0.3 is 54.7 Å². The number of methoxy groups -OCH3 is 1. The Morgan fingerprint density at radius 1 is 0.809 bits per heavy atom. The van der Waals surface area contributed by atoms with Gasteiger partial charge in [-0.25, -0.2) is 4.79 Å². The summed E-state index contributed by atoms with van der Waals surface area (Å²) in [6, 6.07) is 21.0. The molecule has 23 heteroatoms. The van der Waals surface area contributed by atoms with E-state index in [-0.39, 0.29) is 103 Å². The second kappa shape index (κ2) is 29.6. The Morgan fingerprint density at radius 2 is 1.44 bits per heavy atom. The van der Waals surface area contributed by atoms with Crippen molar-refractivity contribution in [2.75, 3.05) is 73.7 Å². The topological polar surface area (TPSA) is 217 Å². The number of carbonyl (C=O) groups is 8. The molecule has 2 aliphatic carbocycles. The van der Waals surface area contributed by atoms with E-state index in [1.807, 2.05) is 79.7 Å². The van der Waals surface area contributed by atoms with Gasteiger partial charge >= 0.3 is 18.2 Å². The number of morpholine rings is 1. The van der Waals surface area contributed by atoms with Gasteiger partial charge in [0.25, 0.3) is 0 Å². The van der Waals surface area contributed by atoms with Crippen LogP contribution in [0.1, 0.15) is 105 Å². The van der Waals surface area contributed by atoms with Crippen LogP contribution in [0.4, 0.5) is 18.0 Å². The average molecular weight is 1250 g/mol. The number of nitrogens with zero attached hydrogens (tertiary/aromatic N) is 5. The van der Waals surface area contributed by atoms with Gasteiger partial charge in [0.2, 0.25) is 35.4 Å². The molecule has 7 amide bonds. The molecular weight excluding hydrogens is 1170 g/mol. The van der Waals surface area contributed by atoms with Crippen LogP contribution in [0.3, 0.4) is 0 Å². The Morgan fingerprint density at radius 3 is 2.04 bits per heavy atom. The minimum absolute atomic E-state index is 0.0105. The van der Waals surface area contributed by atoms with Gasteiger partial charge in [0.1, 0.15) is 42.4 Å². The van der Waals surface area contributed by atoms with E-state index in [9.17, 15) is 46.7 Å². The van der Waals surface area contributed by atoms with Crippen LogP contribution in [-0.4, -0.2) is 182 Å². The number of carbonyl (C=O) groups excluding carboxylic acids is 8. The molecule has 0 aromatic heterocycles. The minimum atomic E-state index is -4.71. The second-order valence-electron chi connectivity index (χ2n) is 23.5. The van der Waals surface area contributed by atoms with Crippen molar-refractivity contribution in [3.05, 3.63) is 142 Å². The predicted molar refractivity (Wildman–Crippen MR) is 327 cm³/mol. The van der Waals surface area contributed by atoms with Crippen LogP contribution in [0.2, 0.25) is 5.02 Å². The second-order valence-corrected chi connectivity index (χ2v) is 23.9. The van der Waals surface area contributed by atoms with Crippen molar-refractivity contribution < 1.29 is 65.7 Å². The maximum atomic E-state index is 15.1. The zero-order valence-electron chi connectivity index (χ0n) is 51.3. The van der Waals surface area contributed by atoms with Gasteiger partial charge in [-0.3, -0.25) is 33.6 Å². The Balaban J connectivity index is 0.980. The lowest BCUT2D eigenvalue weighted by Crippen LogP contribution is -2.64. The van der Waals surface area contributed by atoms with Crippen molar-refractivity contribution in [2.45, 2.75) is 133 Å². The number of alkyl halides is 3. The molecule has 4 aromatic rings. The van der Waals surface area contributed by atoms with Crippen LogP contribution < -0.4 is 16.0 Å². The third-order valence-electron chi connectivity index (χ3n) is 17.6. The Hall–Kier alpha value is -7.98. The first-order chi connectivity index (χ1) is 42.4. The van der Waals surface area contributed by atoms with Gasteiger partial charge in [0.15, 0.2) is 0 Å². The number of halogens is 4. The number of rotatable bonds is 24. The summed E-state index contributed by atoms with van der Waals surface area (Å²) in [5, 5.41) is 8.53. The number of amides is 7. The van der Waals surface area contributed by atoms with Crippen LogP contribution in [-0.2, 0) is 66.8 Å². The molecule has 0 radical (unpaired) electrons. The summed E-state index contributed by atoms with van der Waals surface area (Å²) in [7, 11) is 3.99. The average Bonchev–Trinajstić information content (AvgIpc) is 2.62. The fraction of sp³-hybridized carbons (Fsp3) is 0.485. The molecule has 4 aliphatic rings. The van der Waals surface area contributed by atoms with Gasteiger partial charge in [-0.2, -0.15) is 13.2 Å². The Bertz CT molecular complexity index is 3220. The number of likely N-dealkylation sites (tertiary alicyclic amines) is 1. The highest BCUT2D eigenvalue weighted by molar-refractivity contribution is 6.31. The first kappa shape index (κ1) is 67.0. The van der Waals surface area contributed by atoms with Crippen molar-refractivity contribution in [2.24, 2.45) is 0 Å². The maximum absolute atomic E-state index is 15.1. The van der Waals surface area contributed by atoms with Gasteiger partial charge in [-0.05, 0) is 105 Å². The molecule has 5 atom stereocenters. The molecule has 0 spiro atoms. The normalized spacial score (nSPS) is 17.4. The molecule has 2 aliphatic heterocycles. The SMILES string of the molecule is C=C(CN(CC)C(=O)[C@H](Cc1ccc(C)cc1)NC(=O)OCC1c2ccccc2-c2ccccc21)N[C@@H](CCc1ccc(C(F)(F)F)c(Cl)c1)C(=O)N1CCC[C@H]1C(=O)NC1(C(=O)N(C)[C@@H](C)C(=O)N(C)[C@@H](CC(=O)OC)C(=O)N2CCOCC2)CCCC1. The van der Waals surface area contributed by atoms with Crippen LogP contribution in [0.25, 0.3) is 11.1 Å². The number of hydrogen-bond donors (Lipinski definition) is 3. The fourth-order valence-corrected chi connectivity index (χ4v) is 12.8. The Kier molecular flexibility index (Phi) is 22.2. The van der Waals surface area contributed by atoms with E-state index in [0.717, 1.165) is 44.3 Å². The monoisotopic (exact) mass is 1250 g/mol. The summed E-state index contributed by atoms with van der Waals surface area (Å²) in [5.41, 5.74) is 4.00.